The first kappa shape index (κ1) is 12.0. The third-order valence-electron chi connectivity index (χ3n) is 4.67. The summed E-state index contributed by atoms with van der Waals surface area (Å²) >= 11 is 0. The number of hydrogen-bond donors (Lipinski definition) is 1. The standard InChI is InChI=1S/C16H24N2/c1-16(8-4-9-16)17-12-13-6-7-15-14(11-13)5-3-10-18(15)2/h6-7,11,17H,3-5,8-10,12H2,1-2H3. The van der Waals surface area contributed by atoms with Gasteiger partial charge in [0.05, 0.1) is 0 Å². The molecule has 1 aromatic rings. The van der Waals surface area contributed by atoms with Crippen molar-refractivity contribution in [2.45, 2.75) is 51.1 Å². The first-order valence-corrected chi connectivity index (χ1v) is 7.24. The molecule has 2 nitrogen and oxygen atoms in total. The monoisotopic (exact) mass is 244 g/mol. The summed E-state index contributed by atoms with van der Waals surface area (Å²) in [5, 5.41) is 3.72. The van der Waals surface area contributed by atoms with Crippen molar-refractivity contribution in [3.05, 3.63) is 29.3 Å². The molecular formula is C16H24N2. The van der Waals surface area contributed by atoms with Gasteiger partial charge in [0.15, 0.2) is 0 Å². The van der Waals surface area contributed by atoms with Gasteiger partial charge in [0.25, 0.3) is 0 Å². The van der Waals surface area contributed by atoms with Gasteiger partial charge in [-0.2, -0.15) is 0 Å². The third-order valence-corrected chi connectivity index (χ3v) is 4.67. The van der Waals surface area contributed by atoms with Crippen LogP contribution in [0, 0.1) is 0 Å². The molecule has 2 aliphatic rings. The molecule has 1 fully saturated rings. The second kappa shape index (κ2) is 4.58. The molecule has 2 heteroatoms. The van der Waals surface area contributed by atoms with E-state index in [1.165, 1.54) is 55.5 Å². The molecule has 0 unspecified atom stereocenters. The molecule has 3 rings (SSSR count). The summed E-state index contributed by atoms with van der Waals surface area (Å²) in [5.74, 6) is 0. The molecular weight excluding hydrogens is 220 g/mol. The maximum absolute atomic E-state index is 3.72. The molecule has 18 heavy (non-hydrogen) atoms. The summed E-state index contributed by atoms with van der Waals surface area (Å²) < 4.78 is 0. The number of anilines is 1. The Morgan fingerprint density at radius 2 is 2.11 bits per heavy atom. The van der Waals surface area contributed by atoms with Crippen LogP contribution < -0.4 is 10.2 Å². The summed E-state index contributed by atoms with van der Waals surface area (Å²) in [4.78, 5) is 2.38. The topological polar surface area (TPSA) is 15.3 Å². The average Bonchev–Trinajstić information content (AvgIpc) is 2.34. The molecule has 1 aromatic carbocycles. The summed E-state index contributed by atoms with van der Waals surface area (Å²) in [6.45, 7) is 4.57. The molecule has 0 amide bonds. The Hall–Kier alpha value is -1.02. The van der Waals surface area contributed by atoms with Gasteiger partial charge in [-0.05, 0) is 56.2 Å². The van der Waals surface area contributed by atoms with E-state index in [1.54, 1.807) is 0 Å². The molecule has 0 saturated heterocycles. The van der Waals surface area contributed by atoms with E-state index in [-0.39, 0.29) is 0 Å². The maximum atomic E-state index is 3.72. The van der Waals surface area contributed by atoms with Crippen molar-refractivity contribution in [3.63, 3.8) is 0 Å². The van der Waals surface area contributed by atoms with E-state index in [2.05, 4.69) is 42.4 Å². The second-order valence-electron chi connectivity index (χ2n) is 6.26. The first-order valence-electron chi connectivity index (χ1n) is 7.24. The lowest BCUT2D eigenvalue weighted by Gasteiger charge is -2.39. The zero-order valence-electron chi connectivity index (χ0n) is 11.6. The van der Waals surface area contributed by atoms with Gasteiger partial charge in [-0.1, -0.05) is 12.1 Å². The van der Waals surface area contributed by atoms with Gasteiger partial charge in [-0.3, -0.25) is 0 Å². The van der Waals surface area contributed by atoms with Crippen molar-refractivity contribution in [3.8, 4) is 0 Å². The highest BCUT2D eigenvalue weighted by Gasteiger charge is 2.30. The first-order chi connectivity index (χ1) is 8.66. The molecule has 0 bridgehead atoms. The molecule has 1 N–H and O–H groups in total. The summed E-state index contributed by atoms with van der Waals surface area (Å²) in [6, 6.07) is 6.99. The van der Waals surface area contributed by atoms with Crippen LogP contribution in [0.4, 0.5) is 5.69 Å². The Morgan fingerprint density at radius 1 is 1.28 bits per heavy atom. The molecule has 0 radical (unpaired) electrons. The highest BCUT2D eigenvalue weighted by Crippen LogP contribution is 2.32. The van der Waals surface area contributed by atoms with Gasteiger partial charge in [-0.25, -0.2) is 0 Å². The van der Waals surface area contributed by atoms with Gasteiger partial charge >= 0.3 is 0 Å². The van der Waals surface area contributed by atoms with Gasteiger partial charge in [0, 0.05) is 31.4 Å². The van der Waals surface area contributed by atoms with Crippen molar-refractivity contribution in [2.75, 3.05) is 18.5 Å². The molecule has 1 saturated carbocycles. The summed E-state index contributed by atoms with van der Waals surface area (Å²) in [6.07, 6.45) is 6.59. The van der Waals surface area contributed by atoms with E-state index in [4.69, 9.17) is 0 Å². The fourth-order valence-electron chi connectivity index (χ4n) is 3.15. The molecule has 0 aromatic heterocycles. The largest absolute Gasteiger partial charge is 0.374 e. The normalized spacial score (nSPS) is 21.3. The molecule has 1 aliphatic carbocycles. The second-order valence-corrected chi connectivity index (χ2v) is 6.26. The van der Waals surface area contributed by atoms with E-state index in [0.29, 0.717) is 5.54 Å². The van der Waals surface area contributed by atoms with Crippen LogP contribution in [0.2, 0.25) is 0 Å². The predicted octanol–water partition coefficient (Wildman–Crippen LogP) is 3.10. The Kier molecular flexibility index (Phi) is 3.06. The lowest BCUT2D eigenvalue weighted by molar-refractivity contribution is 0.207. The van der Waals surface area contributed by atoms with E-state index >= 15 is 0 Å². The van der Waals surface area contributed by atoms with Crippen LogP contribution in [0.5, 0.6) is 0 Å². The lowest BCUT2D eigenvalue weighted by Crippen LogP contribution is -2.47. The fraction of sp³-hybridized carbons (Fsp3) is 0.625. The van der Waals surface area contributed by atoms with Crippen LogP contribution >= 0.6 is 0 Å². The van der Waals surface area contributed by atoms with Gasteiger partial charge in [0.1, 0.15) is 0 Å². The van der Waals surface area contributed by atoms with Crippen molar-refractivity contribution >= 4 is 5.69 Å². The Morgan fingerprint density at radius 3 is 2.83 bits per heavy atom. The SMILES string of the molecule is CN1CCCc2cc(CNC3(C)CCC3)ccc21. The van der Waals surface area contributed by atoms with Crippen molar-refractivity contribution < 1.29 is 0 Å². The number of fused-ring (bicyclic) bond motifs is 1. The van der Waals surface area contributed by atoms with Gasteiger partial charge in [-0.15, -0.1) is 0 Å². The number of benzene rings is 1. The number of hydrogen-bond acceptors (Lipinski definition) is 2. The quantitative estimate of drug-likeness (QED) is 0.879. The van der Waals surface area contributed by atoms with Crippen molar-refractivity contribution in [1.29, 1.82) is 0 Å². The number of aryl methyl sites for hydroxylation is 1. The van der Waals surface area contributed by atoms with Crippen molar-refractivity contribution in [1.82, 2.24) is 5.32 Å². The van der Waals surface area contributed by atoms with E-state index in [1.807, 2.05) is 0 Å². The third kappa shape index (κ3) is 2.26. The minimum Gasteiger partial charge on any atom is -0.374 e. The number of rotatable bonds is 3. The van der Waals surface area contributed by atoms with Crippen LogP contribution in [0.25, 0.3) is 0 Å². The van der Waals surface area contributed by atoms with Crippen LogP contribution in [0.15, 0.2) is 18.2 Å². The minimum atomic E-state index is 0.409. The highest BCUT2D eigenvalue weighted by molar-refractivity contribution is 5.56. The molecule has 1 aliphatic heterocycles. The maximum Gasteiger partial charge on any atom is 0.0396 e. The molecule has 0 spiro atoms. The van der Waals surface area contributed by atoms with E-state index in [9.17, 15) is 0 Å². The Balaban J connectivity index is 1.70. The van der Waals surface area contributed by atoms with Gasteiger partial charge < -0.3 is 10.2 Å². The van der Waals surface area contributed by atoms with E-state index < -0.39 is 0 Å². The zero-order chi connectivity index (χ0) is 12.6. The van der Waals surface area contributed by atoms with Gasteiger partial charge in [0.2, 0.25) is 0 Å². The average molecular weight is 244 g/mol. The number of nitrogens with zero attached hydrogens (tertiary/aromatic N) is 1. The molecule has 98 valence electrons. The highest BCUT2D eigenvalue weighted by atomic mass is 15.1. The lowest BCUT2D eigenvalue weighted by atomic mass is 9.78. The van der Waals surface area contributed by atoms with Crippen LogP contribution in [0.1, 0.15) is 43.7 Å². The Labute approximate surface area is 110 Å². The summed E-state index contributed by atoms with van der Waals surface area (Å²) in [7, 11) is 2.20. The van der Waals surface area contributed by atoms with Crippen LogP contribution in [-0.4, -0.2) is 19.1 Å². The summed E-state index contributed by atoms with van der Waals surface area (Å²) in [5.41, 5.74) is 4.81. The minimum absolute atomic E-state index is 0.409. The molecule has 1 heterocycles. The van der Waals surface area contributed by atoms with Crippen LogP contribution in [0.3, 0.4) is 0 Å². The smallest absolute Gasteiger partial charge is 0.0396 e. The van der Waals surface area contributed by atoms with E-state index in [0.717, 1.165) is 6.54 Å². The van der Waals surface area contributed by atoms with Crippen LogP contribution in [-0.2, 0) is 13.0 Å². The predicted molar refractivity (Wildman–Crippen MR) is 77.1 cm³/mol. The zero-order valence-corrected chi connectivity index (χ0v) is 11.6. The fourth-order valence-corrected chi connectivity index (χ4v) is 3.15. The molecule has 0 atom stereocenters. The Bertz CT molecular complexity index is 435. The number of nitrogens with one attached hydrogen (secondary N) is 1. The van der Waals surface area contributed by atoms with Crippen molar-refractivity contribution in [2.24, 2.45) is 0 Å².